The molecule has 46 heavy (non-hydrogen) atoms. The number of aliphatic carboxylic acids is 3. The lowest BCUT2D eigenvalue weighted by Gasteiger charge is -2.58. The zero-order valence-electron chi connectivity index (χ0n) is 24.4. The Labute approximate surface area is 256 Å². The minimum atomic E-state index is -5.08. The highest BCUT2D eigenvalue weighted by Gasteiger charge is 2.49. The van der Waals surface area contributed by atoms with Crippen LogP contribution >= 0.6 is 0 Å². The lowest BCUT2D eigenvalue weighted by Crippen LogP contribution is -2.71. The Morgan fingerprint density at radius 2 is 1.35 bits per heavy atom. The second kappa shape index (κ2) is 16.7. The van der Waals surface area contributed by atoms with Crippen molar-refractivity contribution in [1.82, 2.24) is 14.8 Å². The third-order valence-electron chi connectivity index (χ3n) is 6.71. The largest absolute Gasteiger partial charge is 0.490 e. The van der Waals surface area contributed by atoms with Crippen LogP contribution in [-0.2, 0) is 25.7 Å². The highest BCUT2D eigenvalue weighted by molar-refractivity contribution is 5.78. The van der Waals surface area contributed by atoms with Gasteiger partial charge in [0.05, 0.1) is 11.2 Å². The molecular weight excluding hydrogens is 649 g/mol. The number of carboxylic acids is 3. The van der Waals surface area contributed by atoms with Crippen molar-refractivity contribution in [2.24, 2.45) is 5.92 Å². The Morgan fingerprint density at radius 1 is 0.870 bits per heavy atom. The van der Waals surface area contributed by atoms with Crippen LogP contribution in [0.15, 0.2) is 36.4 Å². The Kier molecular flexibility index (Phi) is 14.7. The summed E-state index contributed by atoms with van der Waals surface area (Å²) in [6, 6.07) is 12.7. The molecule has 0 radical (unpaired) electrons. The van der Waals surface area contributed by atoms with Crippen molar-refractivity contribution >= 4 is 28.8 Å². The number of hydrogen-bond acceptors (Lipinski definition) is 7. The molecule has 3 heterocycles. The third kappa shape index (κ3) is 13.3. The number of nitrogens with zero attached hydrogens (tertiary/aromatic N) is 3. The van der Waals surface area contributed by atoms with Crippen LogP contribution in [0.3, 0.4) is 0 Å². The average molecular weight is 682 g/mol. The van der Waals surface area contributed by atoms with Crippen LogP contribution in [0.5, 0.6) is 0 Å². The predicted octanol–water partition coefficient (Wildman–Crippen LogP) is 5.07. The molecule has 0 amide bonds. The average Bonchev–Trinajstić information content (AvgIpc) is 2.92. The van der Waals surface area contributed by atoms with E-state index in [-0.39, 0.29) is 0 Å². The molecule has 2 fully saturated rings. The molecule has 19 heteroatoms. The number of rotatable bonds is 5. The van der Waals surface area contributed by atoms with Gasteiger partial charge in [-0.05, 0) is 51.4 Å². The molecule has 4 rings (SSSR count). The maximum Gasteiger partial charge on any atom is 0.490 e. The number of hydrogen-bond donors (Lipinski definition) is 3. The fraction of sp³-hybridized carbons (Fsp3) is 0.556. The Balaban J connectivity index is 0.000000413. The number of alkyl halides is 9. The number of halogens is 9. The van der Waals surface area contributed by atoms with Gasteiger partial charge in [-0.1, -0.05) is 24.3 Å². The molecule has 260 valence electrons. The summed E-state index contributed by atoms with van der Waals surface area (Å²) in [5.41, 5.74) is 2.64. The molecule has 1 aromatic heterocycles. The molecule has 0 bridgehead atoms. The van der Waals surface area contributed by atoms with Gasteiger partial charge in [-0.3, -0.25) is 14.8 Å². The van der Waals surface area contributed by atoms with Gasteiger partial charge in [-0.15, -0.1) is 0 Å². The van der Waals surface area contributed by atoms with Crippen molar-refractivity contribution in [1.29, 1.82) is 0 Å². The normalized spacial score (nSPS) is 18.1. The second-order valence-corrected chi connectivity index (χ2v) is 10.2. The first-order valence-electron chi connectivity index (χ1n) is 13.3. The number of benzene rings is 1. The van der Waals surface area contributed by atoms with Crippen LogP contribution in [0.25, 0.3) is 10.9 Å². The van der Waals surface area contributed by atoms with Crippen LogP contribution in [0.1, 0.15) is 25.5 Å². The van der Waals surface area contributed by atoms with Crippen molar-refractivity contribution in [2.45, 2.75) is 50.4 Å². The number of carboxylic acid groups (broad SMARTS) is 3. The van der Waals surface area contributed by atoms with Crippen LogP contribution in [0, 0.1) is 5.92 Å². The summed E-state index contributed by atoms with van der Waals surface area (Å²) in [5, 5.41) is 22.6. The zero-order chi connectivity index (χ0) is 35.5. The SMILES string of the molecule is CCOCC1CCN(C)C2(C1)CN(Cc1ccc3ccccc3n1)C2.O=C(O)C(F)(F)F.O=C(O)C(F)(F)F.O=C(O)C(F)(F)F. The Bertz CT molecular complexity index is 1240. The van der Waals surface area contributed by atoms with Gasteiger partial charge in [0.1, 0.15) is 0 Å². The van der Waals surface area contributed by atoms with Gasteiger partial charge in [-0.2, -0.15) is 39.5 Å². The molecule has 1 spiro atoms. The quantitative estimate of drug-likeness (QED) is 0.367. The van der Waals surface area contributed by atoms with Gasteiger partial charge >= 0.3 is 36.4 Å². The number of para-hydroxylation sites is 1. The number of pyridine rings is 1. The number of fused-ring (bicyclic) bond motifs is 1. The molecule has 0 saturated carbocycles. The van der Waals surface area contributed by atoms with Crippen molar-refractivity contribution in [3.8, 4) is 0 Å². The molecule has 10 nitrogen and oxygen atoms in total. The molecule has 2 aliphatic rings. The van der Waals surface area contributed by atoms with Crippen molar-refractivity contribution < 1.29 is 74.0 Å². The van der Waals surface area contributed by atoms with Crippen molar-refractivity contribution in [2.75, 3.05) is 39.9 Å². The van der Waals surface area contributed by atoms with E-state index in [2.05, 4.69) is 60.2 Å². The summed E-state index contributed by atoms with van der Waals surface area (Å²) in [4.78, 5) is 36.6. The van der Waals surface area contributed by atoms with E-state index >= 15 is 0 Å². The highest BCUT2D eigenvalue weighted by atomic mass is 19.4. The van der Waals surface area contributed by atoms with Gasteiger partial charge < -0.3 is 20.1 Å². The summed E-state index contributed by atoms with van der Waals surface area (Å²) in [6.07, 6.45) is -12.7. The van der Waals surface area contributed by atoms with Crippen LogP contribution in [0.4, 0.5) is 39.5 Å². The molecule has 2 aromatic rings. The molecule has 1 atom stereocenters. The van der Waals surface area contributed by atoms with E-state index in [1.165, 1.54) is 30.5 Å². The number of piperidine rings is 1. The maximum absolute atomic E-state index is 10.6. The molecule has 1 aromatic carbocycles. The second-order valence-electron chi connectivity index (χ2n) is 10.2. The van der Waals surface area contributed by atoms with E-state index in [0.717, 1.165) is 44.3 Å². The van der Waals surface area contributed by atoms with Crippen LogP contribution in [-0.4, -0.2) is 112 Å². The van der Waals surface area contributed by atoms with Gasteiger partial charge in [-0.25, -0.2) is 14.4 Å². The van der Waals surface area contributed by atoms with E-state index < -0.39 is 36.4 Å². The standard InChI is InChI=1S/C21H29N3O.3C2HF3O2/c1-3-25-14-17-10-11-23(2)21(12-17)15-24(16-21)13-19-9-8-18-6-4-5-7-20(18)22-19;3*3-2(4,5)1(6)7/h4-9,17H,3,10-16H2,1-2H3;3*(H,6,7). The van der Waals surface area contributed by atoms with E-state index in [0.29, 0.717) is 5.54 Å². The minimum absolute atomic E-state index is 0.358. The number of aromatic nitrogens is 1. The first kappa shape index (κ1) is 40.3. The number of ether oxygens (including phenoxy) is 1. The first-order chi connectivity index (χ1) is 21.0. The first-order valence-corrected chi connectivity index (χ1v) is 13.3. The Hall–Kier alpha value is -3.71. The lowest BCUT2D eigenvalue weighted by atomic mass is 9.75. The third-order valence-corrected chi connectivity index (χ3v) is 6.71. The summed E-state index contributed by atoms with van der Waals surface area (Å²) >= 11 is 0. The summed E-state index contributed by atoms with van der Waals surface area (Å²) < 4.78 is 101. The van der Waals surface area contributed by atoms with E-state index in [1.54, 1.807) is 0 Å². The molecular formula is C27H32F9N3O7. The summed E-state index contributed by atoms with van der Waals surface area (Å²) in [5.74, 6) is -7.55. The van der Waals surface area contributed by atoms with Crippen LogP contribution < -0.4 is 0 Å². The number of likely N-dealkylation sites (N-methyl/N-ethyl adjacent to an activating group) is 1. The topological polar surface area (TPSA) is 140 Å². The van der Waals surface area contributed by atoms with Crippen LogP contribution in [0.2, 0.25) is 0 Å². The van der Waals surface area contributed by atoms with Gasteiger partial charge in [0.2, 0.25) is 0 Å². The molecule has 0 aliphatic carbocycles. The van der Waals surface area contributed by atoms with Crippen molar-refractivity contribution in [3.05, 3.63) is 42.1 Å². The van der Waals surface area contributed by atoms with Crippen molar-refractivity contribution in [3.63, 3.8) is 0 Å². The molecule has 2 saturated heterocycles. The molecule has 3 N–H and O–H groups in total. The van der Waals surface area contributed by atoms with Gasteiger partial charge in [0.15, 0.2) is 0 Å². The zero-order valence-corrected chi connectivity index (χ0v) is 24.4. The monoisotopic (exact) mass is 681 g/mol. The summed E-state index contributed by atoms with van der Waals surface area (Å²) in [7, 11) is 2.29. The predicted molar refractivity (Wildman–Crippen MR) is 143 cm³/mol. The van der Waals surface area contributed by atoms with Gasteiger partial charge in [0, 0.05) is 43.8 Å². The van der Waals surface area contributed by atoms with E-state index in [4.69, 9.17) is 39.4 Å². The number of carbonyl (C=O) groups is 3. The fourth-order valence-electron chi connectivity index (χ4n) is 4.53. The highest BCUT2D eigenvalue weighted by Crippen LogP contribution is 2.39. The number of likely N-dealkylation sites (tertiary alicyclic amines) is 2. The Morgan fingerprint density at radius 3 is 1.80 bits per heavy atom. The van der Waals surface area contributed by atoms with E-state index in [1.807, 2.05) is 0 Å². The van der Waals surface area contributed by atoms with E-state index in [9.17, 15) is 39.5 Å². The lowest BCUT2D eigenvalue weighted by molar-refractivity contribution is -0.193. The summed E-state index contributed by atoms with van der Waals surface area (Å²) in [6.45, 7) is 8.31. The minimum Gasteiger partial charge on any atom is -0.475 e. The van der Waals surface area contributed by atoms with Gasteiger partial charge in [0.25, 0.3) is 0 Å². The molecule has 1 unspecified atom stereocenters. The molecule has 2 aliphatic heterocycles. The fourth-order valence-corrected chi connectivity index (χ4v) is 4.53. The maximum atomic E-state index is 10.6. The smallest absolute Gasteiger partial charge is 0.475 e.